The number of likely N-dealkylation sites (N-methyl/N-ethyl adjacent to an activating group) is 1. The van der Waals surface area contributed by atoms with Crippen molar-refractivity contribution in [2.75, 3.05) is 33.9 Å². The molecule has 7 heteroatoms. The molecule has 0 saturated heterocycles. The van der Waals surface area contributed by atoms with E-state index < -0.39 is 0 Å². The van der Waals surface area contributed by atoms with Crippen molar-refractivity contribution in [2.45, 2.75) is 25.7 Å². The molecule has 0 aromatic heterocycles. The average molecular weight is 510 g/mol. The van der Waals surface area contributed by atoms with E-state index >= 15 is 0 Å². The van der Waals surface area contributed by atoms with Crippen molar-refractivity contribution in [3.63, 3.8) is 0 Å². The number of esters is 1. The SMILES string of the molecule is COC(=O)Cc1ccc(OCCCOc2ccc(CC(=O)N(C)CCc3ccccc3)cc2)c(Cl)c1. The summed E-state index contributed by atoms with van der Waals surface area (Å²) in [6.45, 7) is 1.62. The van der Waals surface area contributed by atoms with Crippen LogP contribution in [0.15, 0.2) is 72.8 Å². The molecule has 0 heterocycles. The summed E-state index contributed by atoms with van der Waals surface area (Å²) in [7, 11) is 3.20. The molecule has 36 heavy (non-hydrogen) atoms. The van der Waals surface area contributed by atoms with Crippen molar-refractivity contribution < 1.29 is 23.8 Å². The summed E-state index contributed by atoms with van der Waals surface area (Å²) >= 11 is 6.25. The molecule has 0 unspecified atom stereocenters. The maximum atomic E-state index is 12.5. The van der Waals surface area contributed by atoms with E-state index in [9.17, 15) is 9.59 Å². The zero-order chi connectivity index (χ0) is 25.8. The van der Waals surface area contributed by atoms with E-state index in [1.807, 2.05) is 49.5 Å². The highest BCUT2D eigenvalue weighted by molar-refractivity contribution is 6.32. The molecule has 0 bridgehead atoms. The van der Waals surface area contributed by atoms with Gasteiger partial charge in [-0.1, -0.05) is 60.1 Å². The minimum Gasteiger partial charge on any atom is -0.493 e. The third-order valence-corrected chi connectivity index (χ3v) is 5.97. The van der Waals surface area contributed by atoms with Gasteiger partial charge < -0.3 is 19.1 Å². The molecule has 0 N–H and O–H groups in total. The third-order valence-electron chi connectivity index (χ3n) is 5.67. The second-order valence-electron chi connectivity index (χ2n) is 8.44. The maximum absolute atomic E-state index is 12.5. The van der Waals surface area contributed by atoms with Crippen LogP contribution in [0.25, 0.3) is 0 Å². The molecule has 0 radical (unpaired) electrons. The van der Waals surface area contributed by atoms with E-state index in [2.05, 4.69) is 16.9 Å². The molecule has 0 aliphatic heterocycles. The lowest BCUT2D eigenvalue weighted by atomic mass is 10.1. The molecule has 0 atom stereocenters. The molecule has 0 aliphatic carbocycles. The molecule has 1 amide bonds. The quantitative estimate of drug-likeness (QED) is 0.235. The molecule has 3 rings (SSSR count). The predicted molar refractivity (Wildman–Crippen MR) is 141 cm³/mol. The van der Waals surface area contributed by atoms with Gasteiger partial charge in [-0.15, -0.1) is 0 Å². The zero-order valence-electron chi connectivity index (χ0n) is 20.7. The summed E-state index contributed by atoms with van der Waals surface area (Å²) in [6, 6.07) is 23.0. The Balaban J connectivity index is 1.34. The predicted octanol–water partition coefficient (Wildman–Crippen LogP) is 5.15. The molecule has 3 aromatic carbocycles. The van der Waals surface area contributed by atoms with Crippen molar-refractivity contribution in [1.29, 1.82) is 0 Å². The molecule has 3 aromatic rings. The molecule has 6 nitrogen and oxygen atoms in total. The monoisotopic (exact) mass is 509 g/mol. The molecule has 0 aliphatic rings. The third kappa shape index (κ3) is 8.93. The molecule has 0 fully saturated rings. The fraction of sp³-hybridized carbons (Fsp3) is 0.310. The lowest BCUT2D eigenvalue weighted by Gasteiger charge is -2.17. The Morgan fingerprint density at radius 1 is 0.833 bits per heavy atom. The minimum atomic E-state index is -0.317. The second-order valence-corrected chi connectivity index (χ2v) is 8.85. The van der Waals surface area contributed by atoms with Gasteiger partial charge in [-0.3, -0.25) is 9.59 Å². The Morgan fingerprint density at radius 3 is 2.22 bits per heavy atom. The van der Waals surface area contributed by atoms with Gasteiger partial charge in [-0.05, 0) is 47.4 Å². The van der Waals surface area contributed by atoms with E-state index in [0.29, 0.717) is 43.4 Å². The van der Waals surface area contributed by atoms with E-state index in [4.69, 9.17) is 21.1 Å². The zero-order valence-corrected chi connectivity index (χ0v) is 21.5. The number of nitrogens with zero attached hydrogens (tertiary/aromatic N) is 1. The van der Waals surface area contributed by atoms with Gasteiger partial charge in [0.15, 0.2) is 0 Å². The van der Waals surface area contributed by atoms with Gasteiger partial charge in [-0.25, -0.2) is 0 Å². The standard InChI is InChI=1S/C29H32ClNO5/c1-31(16-15-22-7-4-3-5-8-22)28(32)20-23-9-12-25(13-10-23)35-17-6-18-36-27-14-11-24(19-26(27)30)21-29(33)34-2/h3-5,7-14,19H,6,15-18,20-21H2,1-2H3. The second kappa shape index (κ2) is 14.1. The Kier molecular flexibility index (Phi) is 10.6. The van der Waals surface area contributed by atoms with Crippen LogP contribution in [0.1, 0.15) is 23.1 Å². The molecular weight excluding hydrogens is 478 g/mol. The summed E-state index contributed by atoms with van der Waals surface area (Å²) in [6.07, 6.45) is 2.04. The molecular formula is C29H32ClNO5. The summed E-state index contributed by atoms with van der Waals surface area (Å²) in [5, 5.41) is 0.452. The van der Waals surface area contributed by atoms with Gasteiger partial charge >= 0.3 is 5.97 Å². The highest BCUT2D eigenvalue weighted by Crippen LogP contribution is 2.26. The lowest BCUT2D eigenvalue weighted by molar-refractivity contribution is -0.139. The number of carbonyl (C=O) groups is 2. The van der Waals surface area contributed by atoms with Gasteiger partial charge in [0.1, 0.15) is 11.5 Å². The number of amides is 1. The van der Waals surface area contributed by atoms with Crippen molar-refractivity contribution >= 4 is 23.5 Å². The number of hydrogen-bond acceptors (Lipinski definition) is 5. The first-order chi connectivity index (χ1) is 17.4. The van der Waals surface area contributed by atoms with Gasteiger partial charge in [0.25, 0.3) is 0 Å². The number of methoxy groups -OCH3 is 1. The summed E-state index contributed by atoms with van der Waals surface area (Å²) in [5.41, 5.74) is 2.94. The van der Waals surface area contributed by atoms with Crippen molar-refractivity contribution in [3.8, 4) is 11.5 Å². The number of ether oxygens (including phenoxy) is 3. The van der Waals surface area contributed by atoms with Crippen LogP contribution in [0.3, 0.4) is 0 Å². The minimum absolute atomic E-state index is 0.0914. The van der Waals surface area contributed by atoms with Crippen LogP contribution in [-0.4, -0.2) is 50.7 Å². The number of rotatable bonds is 13. The lowest BCUT2D eigenvalue weighted by Crippen LogP contribution is -2.30. The topological polar surface area (TPSA) is 65.1 Å². The van der Waals surface area contributed by atoms with Crippen LogP contribution < -0.4 is 9.47 Å². The average Bonchev–Trinajstić information content (AvgIpc) is 2.89. The van der Waals surface area contributed by atoms with Crippen LogP contribution in [0.2, 0.25) is 5.02 Å². The first-order valence-corrected chi connectivity index (χ1v) is 12.3. The van der Waals surface area contributed by atoms with E-state index in [1.54, 1.807) is 23.1 Å². The molecule has 190 valence electrons. The van der Waals surface area contributed by atoms with Crippen LogP contribution in [0.4, 0.5) is 0 Å². The fourth-order valence-corrected chi connectivity index (χ4v) is 3.78. The maximum Gasteiger partial charge on any atom is 0.309 e. The van der Waals surface area contributed by atoms with Gasteiger partial charge in [-0.2, -0.15) is 0 Å². The van der Waals surface area contributed by atoms with Crippen molar-refractivity contribution in [2.24, 2.45) is 0 Å². The van der Waals surface area contributed by atoms with Crippen LogP contribution in [0, 0.1) is 0 Å². The summed E-state index contributed by atoms with van der Waals surface area (Å²) < 4.78 is 16.2. The van der Waals surface area contributed by atoms with Crippen LogP contribution in [0.5, 0.6) is 11.5 Å². The highest BCUT2D eigenvalue weighted by atomic mass is 35.5. The number of halogens is 1. The highest BCUT2D eigenvalue weighted by Gasteiger charge is 2.10. The Bertz CT molecular complexity index is 1120. The Hall–Kier alpha value is -3.51. The Morgan fingerprint density at radius 2 is 1.53 bits per heavy atom. The molecule has 0 saturated carbocycles. The van der Waals surface area contributed by atoms with Crippen LogP contribution in [-0.2, 0) is 33.6 Å². The largest absolute Gasteiger partial charge is 0.493 e. The van der Waals surface area contributed by atoms with Crippen molar-refractivity contribution in [3.05, 3.63) is 94.5 Å². The summed E-state index contributed by atoms with van der Waals surface area (Å²) in [4.78, 5) is 25.7. The number of carbonyl (C=O) groups excluding carboxylic acids is 2. The number of benzene rings is 3. The Labute approximate surface area is 217 Å². The molecule has 0 spiro atoms. The first kappa shape index (κ1) is 27.1. The van der Waals surface area contributed by atoms with Gasteiger partial charge in [0, 0.05) is 20.0 Å². The first-order valence-electron chi connectivity index (χ1n) is 11.9. The van der Waals surface area contributed by atoms with Gasteiger partial charge in [0.2, 0.25) is 5.91 Å². The van der Waals surface area contributed by atoms with Crippen LogP contribution >= 0.6 is 11.6 Å². The fourth-order valence-electron chi connectivity index (χ4n) is 3.52. The normalized spacial score (nSPS) is 10.5. The van der Waals surface area contributed by atoms with E-state index in [1.165, 1.54) is 12.7 Å². The smallest absolute Gasteiger partial charge is 0.309 e. The van der Waals surface area contributed by atoms with Gasteiger partial charge in [0.05, 0.1) is 38.2 Å². The van der Waals surface area contributed by atoms with E-state index in [-0.39, 0.29) is 18.3 Å². The van der Waals surface area contributed by atoms with Crippen molar-refractivity contribution in [1.82, 2.24) is 4.90 Å². The van der Waals surface area contributed by atoms with E-state index in [0.717, 1.165) is 23.3 Å². The summed E-state index contributed by atoms with van der Waals surface area (Å²) in [5.74, 6) is 1.08. The number of hydrogen-bond donors (Lipinski definition) is 0.